The fourth-order valence-electron chi connectivity index (χ4n) is 1.45. The maximum Gasteiger partial charge on any atom is 0.287 e. The van der Waals surface area contributed by atoms with Gasteiger partial charge in [0, 0.05) is 11.8 Å². The van der Waals surface area contributed by atoms with E-state index in [1.54, 1.807) is 6.07 Å². The first-order valence-corrected chi connectivity index (χ1v) is 5.70. The predicted octanol–water partition coefficient (Wildman–Crippen LogP) is 1.75. The molecule has 0 unspecified atom stereocenters. The van der Waals surface area contributed by atoms with Crippen LogP contribution in [0.2, 0.25) is 0 Å². The minimum absolute atomic E-state index is 0.101. The van der Waals surface area contributed by atoms with Crippen molar-refractivity contribution in [3.63, 3.8) is 0 Å². The van der Waals surface area contributed by atoms with Crippen molar-refractivity contribution in [1.29, 1.82) is 0 Å². The lowest BCUT2D eigenvalue weighted by Crippen LogP contribution is -2.22. The number of hydrogen-bond acceptors (Lipinski definition) is 5. The molecular formula is C12H12N6O2. The zero-order valence-corrected chi connectivity index (χ0v) is 10.6. The Morgan fingerprint density at radius 2 is 2.20 bits per heavy atom. The lowest BCUT2D eigenvalue weighted by molar-refractivity contribution is -0.385. The molecule has 0 fully saturated rings. The third kappa shape index (κ3) is 3.48. The van der Waals surface area contributed by atoms with Crippen LogP contribution in [0, 0.1) is 17.0 Å². The average molecular weight is 272 g/mol. The summed E-state index contributed by atoms with van der Waals surface area (Å²) >= 11 is 0. The van der Waals surface area contributed by atoms with Gasteiger partial charge in [0.15, 0.2) is 5.82 Å². The molecule has 0 spiro atoms. The van der Waals surface area contributed by atoms with E-state index in [0.717, 1.165) is 11.9 Å². The molecule has 3 N–H and O–H groups in total. The number of nitrogens with two attached hydrogens (primary N) is 1. The van der Waals surface area contributed by atoms with Crippen LogP contribution in [0.25, 0.3) is 0 Å². The van der Waals surface area contributed by atoms with Crippen LogP contribution in [-0.2, 0) is 0 Å². The lowest BCUT2D eigenvalue weighted by Gasteiger charge is -2.04. The van der Waals surface area contributed by atoms with Crippen LogP contribution in [-0.4, -0.2) is 20.9 Å². The summed E-state index contributed by atoms with van der Waals surface area (Å²) in [5, 5.41) is 13.3. The second kappa shape index (κ2) is 5.74. The molecule has 0 aromatic carbocycles. The van der Waals surface area contributed by atoms with E-state index in [4.69, 9.17) is 5.73 Å². The van der Waals surface area contributed by atoms with Crippen molar-refractivity contribution in [2.75, 3.05) is 5.32 Å². The van der Waals surface area contributed by atoms with Gasteiger partial charge in [0.1, 0.15) is 12.0 Å². The summed E-state index contributed by atoms with van der Waals surface area (Å²) in [6.07, 6.45) is 1.12. The maximum atomic E-state index is 10.5. The van der Waals surface area contributed by atoms with Crippen LogP contribution >= 0.6 is 0 Å². The van der Waals surface area contributed by atoms with Gasteiger partial charge in [-0.15, -0.1) is 0 Å². The average Bonchev–Trinajstić information content (AvgIpc) is 2.39. The highest BCUT2D eigenvalue weighted by molar-refractivity contribution is 5.92. The molecule has 8 heteroatoms. The maximum absolute atomic E-state index is 10.5. The molecule has 2 rings (SSSR count). The predicted molar refractivity (Wildman–Crippen MR) is 74.8 cm³/mol. The number of guanidine groups is 1. The molecule has 0 amide bonds. The molecule has 0 bridgehead atoms. The van der Waals surface area contributed by atoms with Crippen molar-refractivity contribution >= 4 is 23.3 Å². The van der Waals surface area contributed by atoms with Crippen LogP contribution in [0.4, 0.5) is 17.3 Å². The highest BCUT2D eigenvalue weighted by atomic mass is 16.6. The molecule has 0 atom stereocenters. The quantitative estimate of drug-likeness (QED) is 0.380. The van der Waals surface area contributed by atoms with E-state index in [9.17, 15) is 10.1 Å². The van der Waals surface area contributed by atoms with Gasteiger partial charge in [-0.25, -0.2) is 9.97 Å². The molecule has 20 heavy (non-hydrogen) atoms. The van der Waals surface area contributed by atoms with Crippen LogP contribution in [0.3, 0.4) is 0 Å². The van der Waals surface area contributed by atoms with Gasteiger partial charge in [0.2, 0.25) is 5.96 Å². The third-order valence-electron chi connectivity index (χ3n) is 2.32. The normalized spacial score (nSPS) is 11.2. The minimum atomic E-state index is -0.529. The first-order valence-electron chi connectivity index (χ1n) is 5.70. The fraction of sp³-hybridized carbons (Fsp3) is 0.0833. The van der Waals surface area contributed by atoms with Gasteiger partial charge in [0.05, 0.1) is 4.92 Å². The van der Waals surface area contributed by atoms with E-state index in [1.165, 1.54) is 12.1 Å². The largest absolute Gasteiger partial charge is 0.369 e. The van der Waals surface area contributed by atoms with Gasteiger partial charge < -0.3 is 11.1 Å². The summed E-state index contributed by atoms with van der Waals surface area (Å²) in [5.74, 6) is 0.936. The molecule has 0 saturated heterocycles. The molecule has 0 radical (unpaired) electrons. The smallest absolute Gasteiger partial charge is 0.287 e. The van der Waals surface area contributed by atoms with Crippen LogP contribution < -0.4 is 11.1 Å². The van der Waals surface area contributed by atoms with Gasteiger partial charge >= 0.3 is 0 Å². The summed E-state index contributed by atoms with van der Waals surface area (Å²) < 4.78 is 0. The van der Waals surface area contributed by atoms with Crippen molar-refractivity contribution in [1.82, 2.24) is 9.97 Å². The zero-order chi connectivity index (χ0) is 14.5. The van der Waals surface area contributed by atoms with E-state index in [-0.39, 0.29) is 17.5 Å². The number of pyridine rings is 2. The van der Waals surface area contributed by atoms with Gasteiger partial charge in [0.25, 0.3) is 5.69 Å². The van der Waals surface area contributed by atoms with Gasteiger partial charge in [-0.2, -0.15) is 4.99 Å². The Morgan fingerprint density at radius 3 is 2.80 bits per heavy atom. The zero-order valence-electron chi connectivity index (χ0n) is 10.6. The van der Waals surface area contributed by atoms with Crippen molar-refractivity contribution in [2.24, 2.45) is 10.7 Å². The van der Waals surface area contributed by atoms with Gasteiger partial charge in [-0.05, 0) is 25.1 Å². The number of aryl methyl sites for hydroxylation is 1. The number of aliphatic imine (C=N–C) groups is 1. The van der Waals surface area contributed by atoms with Gasteiger partial charge in [-0.3, -0.25) is 10.1 Å². The van der Waals surface area contributed by atoms with Crippen molar-refractivity contribution < 1.29 is 4.92 Å². The van der Waals surface area contributed by atoms with Crippen molar-refractivity contribution in [3.8, 4) is 0 Å². The second-order valence-corrected chi connectivity index (χ2v) is 3.92. The number of anilines is 1. The Bertz CT molecular complexity index is 653. The number of nitrogens with one attached hydrogen (secondary N) is 1. The standard InChI is InChI=1S/C12H12N6O2/c1-8-3-2-4-11(15-8)17-12(13)16-10-6-5-9(7-14-10)18(19)20/h2-7H,1H3,(H3,13,14,15,16,17). The minimum Gasteiger partial charge on any atom is -0.369 e. The Hall–Kier alpha value is -3.03. The highest BCUT2D eigenvalue weighted by Crippen LogP contribution is 2.14. The molecule has 2 aromatic rings. The summed E-state index contributed by atoms with van der Waals surface area (Å²) in [6.45, 7) is 1.86. The number of rotatable bonds is 3. The Balaban J connectivity index is 2.12. The first-order chi connectivity index (χ1) is 9.54. The summed E-state index contributed by atoms with van der Waals surface area (Å²) in [6, 6.07) is 8.16. The summed E-state index contributed by atoms with van der Waals surface area (Å²) in [7, 11) is 0. The number of nitrogens with zero attached hydrogens (tertiary/aromatic N) is 4. The Labute approximate surface area is 114 Å². The fourth-order valence-corrected chi connectivity index (χ4v) is 1.45. The lowest BCUT2D eigenvalue weighted by atomic mass is 10.4. The number of hydrogen-bond donors (Lipinski definition) is 2. The second-order valence-electron chi connectivity index (χ2n) is 3.92. The topological polar surface area (TPSA) is 119 Å². The number of aromatic nitrogens is 2. The van der Waals surface area contributed by atoms with E-state index in [2.05, 4.69) is 20.3 Å². The molecule has 2 aromatic heterocycles. The summed E-state index contributed by atoms with van der Waals surface area (Å²) in [5.41, 5.74) is 6.45. The Morgan fingerprint density at radius 1 is 1.40 bits per heavy atom. The highest BCUT2D eigenvalue weighted by Gasteiger charge is 2.05. The van der Waals surface area contributed by atoms with Crippen LogP contribution in [0.5, 0.6) is 0 Å². The molecule has 102 valence electrons. The number of nitro groups is 1. The van der Waals surface area contributed by atoms with E-state index in [1.807, 2.05) is 19.1 Å². The molecule has 0 aliphatic carbocycles. The molecule has 0 aliphatic heterocycles. The summed E-state index contributed by atoms with van der Waals surface area (Å²) in [4.78, 5) is 22.0. The van der Waals surface area contributed by atoms with Crippen LogP contribution in [0.1, 0.15) is 5.69 Å². The molecule has 2 heterocycles. The van der Waals surface area contributed by atoms with E-state index < -0.39 is 4.92 Å². The monoisotopic (exact) mass is 272 g/mol. The molecular weight excluding hydrogens is 260 g/mol. The third-order valence-corrected chi connectivity index (χ3v) is 2.32. The van der Waals surface area contributed by atoms with Gasteiger partial charge in [-0.1, -0.05) is 6.07 Å². The van der Waals surface area contributed by atoms with E-state index >= 15 is 0 Å². The van der Waals surface area contributed by atoms with Crippen molar-refractivity contribution in [2.45, 2.75) is 6.92 Å². The van der Waals surface area contributed by atoms with E-state index in [0.29, 0.717) is 5.82 Å². The molecule has 0 saturated carbocycles. The van der Waals surface area contributed by atoms with Crippen molar-refractivity contribution in [3.05, 3.63) is 52.3 Å². The molecule has 0 aliphatic rings. The molecule has 8 nitrogen and oxygen atoms in total. The first kappa shape index (κ1) is 13.4. The SMILES string of the molecule is Cc1cccc(NC(N)=Nc2ccc([N+](=O)[O-])cn2)n1. The van der Waals surface area contributed by atoms with Crippen LogP contribution in [0.15, 0.2) is 41.5 Å². The Kier molecular flexibility index (Phi) is 3.85.